The van der Waals surface area contributed by atoms with Crippen LogP contribution in [0.3, 0.4) is 0 Å². The number of rotatable bonds is 4. The second kappa shape index (κ2) is 5.85. The zero-order chi connectivity index (χ0) is 16.9. The van der Waals surface area contributed by atoms with Gasteiger partial charge in [0.05, 0.1) is 11.7 Å². The molecule has 130 valence electrons. The molecule has 6 heteroatoms. The molecule has 1 aromatic rings. The van der Waals surface area contributed by atoms with Gasteiger partial charge in [0.25, 0.3) is 0 Å². The molecule has 0 aromatic heterocycles. The summed E-state index contributed by atoms with van der Waals surface area (Å²) in [6, 6.07) is 5.16. The number of benzene rings is 1. The molecule has 0 unspecified atom stereocenters. The molecule has 1 aromatic carbocycles. The zero-order valence-corrected chi connectivity index (χ0v) is 14.7. The number of nitrogens with zero attached hydrogens (tertiary/aromatic N) is 1. The fourth-order valence-electron chi connectivity index (χ4n) is 3.73. The maximum atomic E-state index is 14.3. The van der Waals surface area contributed by atoms with Gasteiger partial charge in [-0.05, 0) is 55.9 Å². The van der Waals surface area contributed by atoms with Gasteiger partial charge in [-0.2, -0.15) is 0 Å². The van der Waals surface area contributed by atoms with Gasteiger partial charge < -0.3 is 10.2 Å². The van der Waals surface area contributed by atoms with Crippen molar-refractivity contribution in [2.24, 2.45) is 5.92 Å². The number of anilines is 1. The fourth-order valence-corrected chi connectivity index (χ4v) is 5.38. The highest BCUT2D eigenvalue weighted by molar-refractivity contribution is 7.95. The quantitative estimate of drug-likeness (QED) is 0.907. The smallest absolute Gasteiger partial charge is 0.202 e. The number of fused-ring (bicyclic) bond motifs is 1. The molecule has 3 aliphatic rings. The summed E-state index contributed by atoms with van der Waals surface area (Å²) in [7, 11) is -1.54. The second-order valence-electron chi connectivity index (χ2n) is 7.34. The first-order chi connectivity index (χ1) is 11.4. The van der Waals surface area contributed by atoms with E-state index in [0.717, 1.165) is 24.1 Å². The molecule has 0 spiro atoms. The van der Waals surface area contributed by atoms with Crippen molar-refractivity contribution in [1.82, 2.24) is 4.90 Å². The van der Waals surface area contributed by atoms with Gasteiger partial charge in [0.1, 0.15) is 11.1 Å². The molecule has 0 amide bonds. The van der Waals surface area contributed by atoms with E-state index in [0.29, 0.717) is 29.5 Å². The number of likely N-dealkylation sites (tertiary alicyclic amines) is 1. The van der Waals surface area contributed by atoms with E-state index in [1.807, 2.05) is 24.1 Å². The van der Waals surface area contributed by atoms with Crippen molar-refractivity contribution in [1.29, 1.82) is 0 Å². The predicted molar refractivity (Wildman–Crippen MR) is 93.4 cm³/mol. The summed E-state index contributed by atoms with van der Waals surface area (Å²) in [6.45, 7) is 1.19. The Morgan fingerprint density at radius 3 is 2.79 bits per heavy atom. The summed E-state index contributed by atoms with van der Waals surface area (Å²) in [6.07, 6.45) is 2.87. The van der Waals surface area contributed by atoms with Crippen LogP contribution in [-0.2, 0) is 9.84 Å². The van der Waals surface area contributed by atoms with Crippen LogP contribution >= 0.6 is 0 Å². The first-order valence-electron chi connectivity index (χ1n) is 8.62. The molecule has 1 N–H and O–H groups in total. The second-order valence-corrected chi connectivity index (χ2v) is 9.07. The molecule has 2 heterocycles. The Morgan fingerprint density at radius 1 is 1.29 bits per heavy atom. The van der Waals surface area contributed by atoms with Crippen LogP contribution in [0.2, 0.25) is 0 Å². The number of sulfone groups is 1. The van der Waals surface area contributed by atoms with E-state index in [1.165, 1.54) is 18.2 Å². The first-order valence-corrected chi connectivity index (χ1v) is 10.2. The molecule has 0 radical (unpaired) electrons. The number of alkyl halides is 1. The van der Waals surface area contributed by atoms with Crippen molar-refractivity contribution >= 4 is 21.1 Å². The summed E-state index contributed by atoms with van der Waals surface area (Å²) < 4.78 is 39.6. The van der Waals surface area contributed by atoms with E-state index in [1.54, 1.807) is 6.07 Å². The van der Waals surface area contributed by atoms with Crippen molar-refractivity contribution < 1.29 is 12.8 Å². The topological polar surface area (TPSA) is 49.4 Å². The van der Waals surface area contributed by atoms with Crippen molar-refractivity contribution in [3.63, 3.8) is 0 Å². The van der Waals surface area contributed by atoms with E-state index in [4.69, 9.17) is 0 Å². The number of allylic oxidation sites excluding steroid dienone is 1. The monoisotopic (exact) mass is 350 g/mol. The predicted octanol–water partition coefficient (Wildman–Crippen LogP) is 3.07. The molecule has 0 bridgehead atoms. The Labute approximate surface area is 142 Å². The van der Waals surface area contributed by atoms with Gasteiger partial charge in [0, 0.05) is 18.5 Å². The lowest BCUT2D eigenvalue weighted by Crippen LogP contribution is -2.46. The summed E-state index contributed by atoms with van der Waals surface area (Å²) in [5.41, 5.74) is 2.26. The number of piperidine rings is 1. The van der Waals surface area contributed by atoms with Crippen LogP contribution in [-0.4, -0.2) is 45.7 Å². The van der Waals surface area contributed by atoms with Gasteiger partial charge in [0.15, 0.2) is 0 Å². The fraction of sp³-hybridized carbons (Fsp3) is 0.556. The highest BCUT2D eigenvalue weighted by Crippen LogP contribution is 2.45. The maximum absolute atomic E-state index is 14.3. The van der Waals surface area contributed by atoms with Gasteiger partial charge >= 0.3 is 0 Å². The molecule has 2 aliphatic heterocycles. The molecule has 1 aliphatic carbocycles. The van der Waals surface area contributed by atoms with E-state index in [-0.39, 0.29) is 6.04 Å². The normalized spacial score (nSPS) is 29.2. The Hall–Kier alpha value is -1.40. The van der Waals surface area contributed by atoms with Gasteiger partial charge in [-0.25, -0.2) is 12.8 Å². The lowest BCUT2D eigenvalue weighted by Gasteiger charge is -2.33. The summed E-state index contributed by atoms with van der Waals surface area (Å²) >= 11 is 0. The molecular weight excluding hydrogens is 327 g/mol. The summed E-state index contributed by atoms with van der Waals surface area (Å²) in [4.78, 5) is 2.30. The minimum absolute atomic E-state index is 0.338. The third-order valence-electron chi connectivity index (χ3n) is 5.23. The minimum Gasteiger partial charge on any atom is -0.378 e. The van der Waals surface area contributed by atoms with Crippen LogP contribution < -0.4 is 5.32 Å². The average Bonchev–Trinajstić information content (AvgIpc) is 3.28. The molecule has 4 nitrogen and oxygen atoms in total. The van der Waals surface area contributed by atoms with Gasteiger partial charge in [-0.3, -0.25) is 0 Å². The number of hydrogen-bond donors (Lipinski definition) is 1. The SMILES string of the molecule is CN1CC[C@H](Nc2cccc3c2S(=O)(=O)C=C3CC2CC2)[C@H](F)C1. The van der Waals surface area contributed by atoms with Gasteiger partial charge in [-0.15, -0.1) is 0 Å². The molecule has 4 rings (SSSR count). The Bertz CT molecular complexity index is 786. The highest BCUT2D eigenvalue weighted by Gasteiger charge is 2.35. The first kappa shape index (κ1) is 16.1. The molecular formula is C18H23FN2O2S. The average molecular weight is 350 g/mol. The van der Waals surface area contributed by atoms with Crippen LogP contribution in [0.4, 0.5) is 10.1 Å². The van der Waals surface area contributed by atoms with Crippen LogP contribution in [0.1, 0.15) is 31.2 Å². The third kappa shape index (κ3) is 2.97. The molecule has 1 saturated carbocycles. The molecule has 2 fully saturated rings. The van der Waals surface area contributed by atoms with Crippen LogP contribution in [0.5, 0.6) is 0 Å². The lowest BCUT2D eigenvalue weighted by molar-refractivity contribution is 0.149. The molecule has 2 atom stereocenters. The van der Waals surface area contributed by atoms with Crippen LogP contribution in [0.25, 0.3) is 5.57 Å². The minimum atomic E-state index is -3.44. The molecule has 1 saturated heterocycles. The number of halogens is 1. The summed E-state index contributed by atoms with van der Waals surface area (Å²) in [5, 5.41) is 4.60. The molecule has 24 heavy (non-hydrogen) atoms. The summed E-state index contributed by atoms with van der Waals surface area (Å²) in [5.74, 6) is 0.623. The Kier molecular flexibility index (Phi) is 3.92. The number of hydrogen-bond acceptors (Lipinski definition) is 4. The maximum Gasteiger partial charge on any atom is 0.202 e. The third-order valence-corrected chi connectivity index (χ3v) is 6.84. The highest BCUT2D eigenvalue weighted by atomic mass is 32.2. The standard InChI is InChI=1S/C18H23FN2O2S/c1-21-8-7-16(15(19)10-21)20-17-4-2-3-14-13(9-12-5-6-12)11-24(22,23)18(14)17/h2-4,11-12,15-16,20H,5-10H2,1H3/t15-,16+/m1/s1. The van der Waals surface area contributed by atoms with E-state index < -0.39 is 16.0 Å². The lowest BCUT2D eigenvalue weighted by atomic mass is 10.00. The van der Waals surface area contributed by atoms with E-state index in [9.17, 15) is 12.8 Å². The van der Waals surface area contributed by atoms with Crippen molar-refractivity contribution in [3.8, 4) is 0 Å². The van der Waals surface area contributed by atoms with Crippen molar-refractivity contribution in [3.05, 3.63) is 29.2 Å². The van der Waals surface area contributed by atoms with E-state index >= 15 is 0 Å². The van der Waals surface area contributed by atoms with Crippen LogP contribution in [0, 0.1) is 5.92 Å². The number of nitrogens with one attached hydrogen (secondary N) is 1. The Balaban J connectivity index is 1.63. The largest absolute Gasteiger partial charge is 0.378 e. The zero-order valence-electron chi connectivity index (χ0n) is 13.8. The van der Waals surface area contributed by atoms with Crippen molar-refractivity contribution in [2.45, 2.75) is 42.8 Å². The van der Waals surface area contributed by atoms with Gasteiger partial charge in [-0.1, -0.05) is 12.1 Å². The Morgan fingerprint density at radius 2 is 2.08 bits per heavy atom. The van der Waals surface area contributed by atoms with E-state index in [2.05, 4.69) is 5.32 Å². The van der Waals surface area contributed by atoms with Crippen LogP contribution in [0.15, 0.2) is 28.5 Å². The van der Waals surface area contributed by atoms with Crippen molar-refractivity contribution in [2.75, 3.05) is 25.5 Å². The van der Waals surface area contributed by atoms with Gasteiger partial charge in [0.2, 0.25) is 9.84 Å².